The fourth-order valence-electron chi connectivity index (χ4n) is 3.81. The van der Waals surface area contributed by atoms with Gasteiger partial charge in [-0.25, -0.2) is 10.2 Å². The van der Waals surface area contributed by atoms with Gasteiger partial charge in [0.1, 0.15) is 5.71 Å². The highest BCUT2D eigenvalue weighted by atomic mass is 35.5. The van der Waals surface area contributed by atoms with Gasteiger partial charge in [0.2, 0.25) is 0 Å². The van der Waals surface area contributed by atoms with Crippen LogP contribution in [-0.4, -0.2) is 66.8 Å². The second kappa shape index (κ2) is 9.32. The predicted molar refractivity (Wildman–Crippen MR) is 112 cm³/mol. The van der Waals surface area contributed by atoms with E-state index in [0.29, 0.717) is 54.3 Å². The van der Waals surface area contributed by atoms with E-state index in [-0.39, 0.29) is 6.04 Å². The van der Waals surface area contributed by atoms with Gasteiger partial charge in [-0.15, -0.1) is 0 Å². The van der Waals surface area contributed by atoms with Crippen molar-refractivity contribution in [1.82, 2.24) is 21.0 Å². The highest BCUT2D eigenvalue weighted by Crippen LogP contribution is 2.35. The number of hydrogen-bond acceptors (Lipinski definition) is 7. The zero-order valence-electron chi connectivity index (χ0n) is 17.2. The third-order valence-electron chi connectivity index (χ3n) is 5.34. The van der Waals surface area contributed by atoms with Gasteiger partial charge in [0, 0.05) is 51.1 Å². The molecule has 1 fully saturated rings. The van der Waals surface area contributed by atoms with Gasteiger partial charge in [0.05, 0.1) is 16.7 Å². The molecule has 0 unspecified atom stereocenters. The number of nitrogens with zero attached hydrogens (tertiary/aromatic N) is 3. The first-order valence-electron chi connectivity index (χ1n) is 9.80. The highest BCUT2D eigenvalue weighted by Gasteiger charge is 2.46. The van der Waals surface area contributed by atoms with Crippen LogP contribution >= 0.6 is 11.6 Å². The molecule has 1 saturated heterocycles. The molecule has 3 rings (SSSR count). The Morgan fingerprint density at radius 1 is 1.39 bits per heavy atom. The van der Waals surface area contributed by atoms with Gasteiger partial charge in [-0.3, -0.25) is 9.59 Å². The van der Waals surface area contributed by atoms with Crippen LogP contribution in [0.15, 0.2) is 23.3 Å². The van der Waals surface area contributed by atoms with Crippen molar-refractivity contribution >= 4 is 35.2 Å². The summed E-state index contributed by atoms with van der Waals surface area (Å²) in [5, 5.41) is 18.6. The van der Waals surface area contributed by atoms with Crippen LogP contribution in [0.1, 0.15) is 30.9 Å². The van der Waals surface area contributed by atoms with Gasteiger partial charge in [-0.2, -0.15) is 10.4 Å². The Balaban J connectivity index is 1.71. The molecule has 1 atom stereocenters. The van der Waals surface area contributed by atoms with Gasteiger partial charge in [-0.1, -0.05) is 17.7 Å². The van der Waals surface area contributed by atoms with Crippen LogP contribution in [-0.2, 0) is 14.3 Å². The van der Waals surface area contributed by atoms with Gasteiger partial charge < -0.3 is 20.3 Å². The molecule has 2 aliphatic rings. The van der Waals surface area contributed by atoms with Crippen LogP contribution in [0.4, 0.5) is 4.79 Å². The lowest BCUT2D eigenvalue weighted by Crippen LogP contribution is -2.57. The average molecular weight is 447 g/mol. The van der Waals surface area contributed by atoms with E-state index in [4.69, 9.17) is 21.6 Å². The Morgan fingerprint density at radius 2 is 2.10 bits per heavy atom. The van der Waals surface area contributed by atoms with Crippen molar-refractivity contribution in [1.29, 1.82) is 5.26 Å². The van der Waals surface area contributed by atoms with E-state index in [0.717, 1.165) is 0 Å². The number of likely N-dealkylation sites (N-methyl/N-ethyl adjacent to an activating group) is 1. The van der Waals surface area contributed by atoms with E-state index in [2.05, 4.69) is 26.1 Å². The van der Waals surface area contributed by atoms with Gasteiger partial charge >= 0.3 is 17.9 Å². The SMILES string of the molecule is CNC(=O)C(=O)N[C@@H](C)CN1CCC2(CC1)OC(=O)NN=C2c1ccc(C#N)cc1Cl. The first kappa shape index (κ1) is 22.5. The van der Waals surface area contributed by atoms with Crippen LogP contribution in [0.3, 0.4) is 0 Å². The minimum absolute atomic E-state index is 0.240. The second-order valence-corrected chi connectivity index (χ2v) is 7.92. The third-order valence-corrected chi connectivity index (χ3v) is 5.65. The number of rotatable bonds is 4. The molecule has 0 radical (unpaired) electrons. The summed E-state index contributed by atoms with van der Waals surface area (Å²) in [5.41, 5.74) is 2.94. The summed E-state index contributed by atoms with van der Waals surface area (Å²) in [6, 6.07) is 6.69. The summed E-state index contributed by atoms with van der Waals surface area (Å²) in [6.45, 7) is 3.52. The maximum atomic E-state index is 12.0. The first-order valence-corrected chi connectivity index (χ1v) is 10.2. The van der Waals surface area contributed by atoms with Crippen LogP contribution in [0, 0.1) is 11.3 Å². The number of piperidine rings is 1. The number of halogens is 1. The molecule has 0 bridgehead atoms. The third kappa shape index (κ3) is 4.95. The number of ether oxygens (including phenoxy) is 1. The minimum Gasteiger partial charge on any atom is -0.435 e. The highest BCUT2D eigenvalue weighted by molar-refractivity contribution is 6.35. The zero-order chi connectivity index (χ0) is 22.6. The molecule has 2 heterocycles. The Morgan fingerprint density at radius 3 is 2.71 bits per heavy atom. The molecule has 1 spiro atoms. The maximum absolute atomic E-state index is 12.0. The monoisotopic (exact) mass is 446 g/mol. The Labute approximate surface area is 184 Å². The lowest BCUT2D eigenvalue weighted by atomic mass is 9.82. The molecule has 11 heteroatoms. The minimum atomic E-state index is -0.939. The lowest BCUT2D eigenvalue weighted by Gasteiger charge is -2.43. The van der Waals surface area contributed by atoms with E-state index < -0.39 is 23.5 Å². The molecule has 1 aromatic rings. The fraction of sp³-hybridized carbons (Fsp3) is 0.450. The molecular formula is C20H23ClN6O4. The molecule has 3 amide bonds. The van der Waals surface area contributed by atoms with Crippen molar-refractivity contribution in [2.75, 3.05) is 26.7 Å². The van der Waals surface area contributed by atoms with Gasteiger partial charge in [-0.05, 0) is 19.1 Å². The summed E-state index contributed by atoms with van der Waals surface area (Å²) < 4.78 is 5.70. The van der Waals surface area contributed by atoms with Crippen LogP contribution in [0.2, 0.25) is 5.02 Å². The number of benzene rings is 1. The van der Waals surface area contributed by atoms with E-state index in [9.17, 15) is 14.4 Å². The summed E-state index contributed by atoms with van der Waals surface area (Å²) in [4.78, 5) is 37.2. The molecule has 0 saturated carbocycles. The van der Waals surface area contributed by atoms with Crippen molar-refractivity contribution in [3.63, 3.8) is 0 Å². The first-order chi connectivity index (χ1) is 14.8. The molecule has 2 aliphatic heterocycles. The topological polar surface area (TPSA) is 136 Å². The number of amides is 3. The summed E-state index contributed by atoms with van der Waals surface area (Å²) in [7, 11) is 1.40. The molecule has 10 nitrogen and oxygen atoms in total. The van der Waals surface area contributed by atoms with Crippen LogP contribution in [0.25, 0.3) is 0 Å². The van der Waals surface area contributed by atoms with Crippen LogP contribution in [0.5, 0.6) is 0 Å². The summed E-state index contributed by atoms with van der Waals surface area (Å²) in [5.74, 6) is -1.37. The number of hydrazone groups is 1. The maximum Gasteiger partial charge on any atom is 0.428 e. The van der Waals surface area contributed by atoms with E-state index in [1.807, 2.05) is 13.0 Å². The van der Waals surface area contributed by atoms with E-state index in [1.54, 1.807) is 18.2 Å². The number of likely N-dealkylation sites (tertiary alicyclic amines) is 1. The Bertz CT molecular complexity index is 965. The smallest absolute Gasteiger partial charge is 0.428 e. The second-order valence-electron chi connectivity index (χ2n) is 7.52. The molecule has 3 N–H and O–H groups in total. The number of carbonyl (C=O) groups is 3. The average Bonchev–Trinajstić information content (AvgIpc) is 2.75. The summed E-state index contributed by atoms with van der Waals surface area (Å²) in [6.07, 6.45) is 0.324. The van der Waals surface area contributed by atoms with E-state index >= 15 is 0 Å². The Hall–Kier alpha value is -3.16. The molecule has 31 heavy (non-hydrogen) atoms. The van der Waals surface area contributed by atoms with Crippen molar-refractivity contribution in [2.24, 2.45) is 5.10 Å². The molecule has 164 valence electrons. The molecule has 0 aromatic heterocycles. The van der Waals surface area contributed by atoms with Crippen LogP contribution < -0.4 is 16.1 Å². The normalized spacial score (nSPS) is 18.8. The summed E-state index contributed by atoms with van der Waals surface area (Å²) >= 11 is 6.38. The van der Waals surface area contributed by atoms with E-state index in [1.165, 1.54) is 7.05 Å². The van der Waals surface area contributed by atoms with Crippen molar-refractivity contribution in [2.45, 2.75) is 31.4 Å². The zero-order valence-corrected chi connectivity index (χ0v) is 18.0. The van der Waals surface area contributed by atoms with Gasteiger partial charge in [0.15, 0.2) is 5.60 Å². The number of nitrogens with one attached hydrogen (secondary N) is 3. The number of nitriles is 1. The lowest BCUT2D eigenvalue weighted by molar-refractivity contribution is -0.139. The predicted octanol–water partition coefficient (Wildman–Crippen LogP) is 0.741. The van der Waals surface area contributed by atoms with Gasteiger partial charge in [0.25, 0.3) is 0 Å². The van der Waals surface area contributed by atoms with Crippen molar-refractivity contribution in [3.05, 3.63) is 34.3 Å². The standard InChI is InChI=1S/C20H23ClN6O4/c1-12(24-18(29)17(28)23-2)11-27-7-5-20(6-8-27)16(25-26-19(30)31-20)14-4-3-13(10-22)9-15(14)21/h3-4,9,12H,5-8,11H2,1-2H3,(H,23,28)(H,24,29)(H,26,30)/t12-/m0/s1. The quantitative estimate of drug-likeness (QED) is 0.583. The number of hydrogen-bond donors (Lipinski definition) is 3. The Kier molecular flexibility index (Phi) is 6.77. The molecule has 0 aliphatic carbocycles. The fourth-order valence-corrected chi connectivity index (χ4v) is 4.08. The molecular weight excluding hydrogens is 424 g/mol. The van der Waals surface area contributed by atoms with Crippen molar-refractivity contribution < 1.29 is 19.1 Å². The largest absolute Gasteiger partial charge is 0.435 e. The van der Waals surface area contributed by atoms with Crippen molar-refractivity contribution in [3.8, 4) is 6.07 Å². The number of carbonyl (C=O) groups excluding carboxylic acids is 3. The molecule has 1 aromatic carbocycles.